The van der Waals surface area contributed by atoms with Gasteiger partial charge in [-0.25, -0.2) is 4.39 Å². The normalized spacial score (nSPS) is 13.2. The van der Waals surface area contributed by atoms with Crippen molar-refractivity contribution >= 4 is 0 Å². The Morgan fingerprint density at radius 1 is 1.04 bits per heavy atom. The number of quaternary nitrogens is 1. The molecule has 3 nitrogen and oxygen atoms in total. The minimum absolute atomic E-state index is 0.185. The fourth-order valence-electron chi connectivity index (χ4n) is 3.55. The van der Waals surface area contributed by atoms with E-state index in [4.69, 9.17) is 0 Å². The van der Waals surface area contributed by atoms with Gasteiger partial charge in [-0.2, -0.15) is 0 Å². The Labute approximate surface area is 166 Å². The molecule has 0 saturated heterocycles. The van der Waals surface area contributed by atoms with Crippen LogP contribution in [-0.4, -0.2) is 28.9 Å². The topological polar surface area (TPSA) is 29.6 Å². The van der Waals surface area contributed by atoms with Crippen molar-refractivity contribution in [2.45, 2.75) is 25.6 Å². The Hall–Kier alpha value is -2.69. The zero-order valence-electron chi connectivity index (χ0n) is 16.1. The molecule has 0 spiro atoms. The Morgan fingerprint density at radius 2 is 1.79 bits per heavy atom. The Kier molecular flexibility index (Phi) is 7.18. The number of benzene rings is 2. The highest BCUT2D eigenvalue weighted by Crippen LogP contribution is 2.11. The van der Waals surface area contributed by atoms with Crippen LogP contribution in [0.3, 0.4) is 0 Å². The number of hydrogen-bond donors (Lipinski definition) is 2. The molecule has 0 aliphatic heterocycles. The second-order valence-corrected chi connectivity index (χ2v) is 7.19. The van der Waals surface area contributed by atoms with E-state index in [9.17, 15) is 9.50 Å². The van der Waals surface area contributed by atoms with Crippen molar-refractivity contribution in [3.63, 3.8) is 0 Å². The molecule has 0 aliphatic rings. The first-order valence-electron chi connectivity index (χ1n) is 9.69. The fourth-order valence-corrected chi connectivity index (χ4v) is 3.55. The summed E-state index contributed by atoms with van der Waals surface area (Å²) in [5, 5.41) is 10.6. The highest BCUT2D eigenvalue weighted by molar-refractivity contribution is 5.19. The van der Waals surface area contributed by atoms with E-state index in [1.165, 1.54) is 11.0 Å². The van der Waals surface area contributed by atoms with Crippen LogP contribution in [0.15, 0.2) is 85.6 Å². The van der Waals surface area contributed by atoms with Gasteiger partial charge in [0.2, 0.25) is 0 Å². The third-order valence-electron chi connectivity index (χ3n) is 4.92. The van der Waals surface area contributed by atoms with Gasteiger partial charge in [0.05, 0.1) is 18.8 Å². The summed E-state index contributed by atoms with van der Waals surface area (Å²) < 4.78 is 16.1. The molecular formula is C24H28FN2O+. The number of aromatic nitrogens is 1. The van der Waals surface area contributed by atoms with Crippen molar-refractivity contribution in [3.8, 4) is 0 Å². The summed E-state index contributed by atoms with van der Waals surface area (Å²) in [6.45, 7) is 6.51. The predicted octanol–water partition coefficient (Wildman–Crippen LogP) is 2.85. The van der Waals surface area contributed by atoms with E-state index in [0.29, 0.717) is 25.1 Å². The SMILES string of the molecule is C=CC[NH+](Cc1cccn1Cc1ccccc1F)C[C@H](O)Cc1ccccc1. The molecule has 4 heteroatoms. The Morgan fingerprint density at radius 3 is 2.54 bits per heavy atom. The molecule has 0 bridgehead atoms. The predicted molar refractivity (Wildman–Crippen MR) is 111 cm³/mol. The number of hydrogen-bond acceptors (Lipinski definition) is 1. The van der Waals surface area contributed by atoms with E-state index < -0.39 is 6.10 Å². The van der Waals surface area contributed by atoms with Crippen LogP contribution in [0, 0.1) is 5.82 Å². The van der Waals surface area contributed by atoms with Gasteiger partial charge in [-0.05, 0) is 29.8 Å². The van der Waals surface area contributed by atoms with E-state index in [2.05, 4.69) is 17.2 Å². The zero-order chi connectivity index (χ0) is 19.8. The molecule has 0 aliphatic carbocycles. The van der Waals surface area contributed by atoms with Crippen molar-refractivity contribution in [2.75, 3.05) is 13.1 Å². The molecule has 1 heterocycles. The quantitative estimate of drug-likeness (QED) is 0.521. The molecule has 0 saturated carbocycles. The Bertz CT molecular complexity index is 875. The van der Waals surface area contributed by atoms with Crippen molar-refractivity contribution in [2.24, 2.45) is 0 Å². The van der Waals surface area contributed by atoms with E-state index in [0.717, 1.165) is 24.3 Å². The summed E-state index contributed by atoms with van der Waals surface area (Å²) in [5.74, 6) is -0.185. The van der Waals surface area contributed by atoms with Gasteiger partial charge in [-0.15, -0.1) is 0 Å². The van der Waals surface area contributed by atoms with Gasteiger partial charge in [0, 0.05) is 18.2 Å². The highest BCUT2D eigenvalue weighted by Gasteiger charge is 2.17. The first kappa shape index (κ1) is 20.1. The molecule has 1 aromatic heterocycles. The molecule has 0 amide bonds. The van der Waals surface area contributed by atoms with Gasteiger partial charge in [0.1, 0.15) is 25.0 Å². The maximum absolute atomic E-state index is 14.0. The summed E-state index contributed by atoms with van der Waals surface area (Å²) in [6.07, 6.45) is 4.08. The van der Waals surface area contributed by atoms with Crippen LogP contribution in [0.5, 0.6) is 0 Å². The molecule has 0 radical (unpaired) electrons. The number of aliphatic hydroxyl groups is 1. The molecule has 146 valence electrons. The van der Waals surface area contributed by atoms with E-state index in [1.54, 1.807) is 6.07 Å². The number of halogens is 1. The fraction of sp³-hybridized carbons (Fsp3) is 0.250. The molecule has 28 heavy (non-hydrogen) atoms. The number of rotatable bonds is 10. The van der Waals surface area contributed by atoms with E-state index in [1.807, 2.05) is 60.8 Å². The zero-order valence-corrected chi connectivity index (χ0v) is 16.1. The monoisotopic (exact) mass is 379 g/mol. The molecular weight excluding hydrogens is 351 g/mol. The average molecular weight is 379 g/mol. The lowest BCUT2D eigenvalue weighted by atomic mass is 10.1. The first-order valence-corrected chi connectivity index (χ1v) is 9.69. The van der Waals surface area contributed by atoms with E-state index >= 15 is 0 Å². The summed E-state index contributed by atoms with van der Waals surface area (Å²) >= 11 is 0. The molecule has 2 N–H and O–H groups in total. The number of nitrogens with zero attached hydrogens (tertiary/aromatic N) is 1. The Balaban J connectivity index is 1.65. The van der Waals surface area contributed by atoms with Crippen molar-refractivity contribution in [1.82, 2.24) is 4.57 Å². The van der Waals surface area contributed by atoms with Gasteiger partial charge in [0.15, 0.2) is 0 Å². The first-order chi connectivity index (χ1) is 13.7. The lowest BCUT2D eigenvalue weighted by Crippen LogP contribution is -3.11. The average Bonchev–Trinajstić information content (AvgIpc) is 3.11. The molecule has 2 aromatic carbocycles. The molecule has 1 unspecified atom stereocenters. The van der Waals surface area contributed by atoms with Crippen LogP contribution in [0.25, 0.3) is 0 Å². The molecule has 0 fully saturated rings. The third-order valence-corrected chi connectivity index (χ3v) is 4.92. The van der Waals surface area contributed by atoms with Crippen molar-refractivity contribution in [3.05, 3.63) is 108 Å². The maximum Gasteiger partial charge on any atom is 0.128 e. The number of aliphatic hydroxyl groups excluding tert-OH is 1. The highest BCUT2D eigenvalue weighted by atomic mass is 19.1. The van der Waals surface area contributed by atoms with Gasteiger partial charge < -0.3 is 14.6 Å². The lowest BCUT2D eigenvalue weighted by Gasteiger charge is -2.22. The van der Waals surface area contributed by atoms with Crippen LogP contribution in [0.4, 0.5) is 4.39 Å². The van der Waals surface area contributed by atoms with Crippen molar-refractivity contribution in [1.29, 1.82) is 0 Å². The molecule has 3 aromatic rings. The molecule has 3 rings (SSSR count). The van der Waals surface area contributed by atoms with Crippen LogP contribution in [0.2, 0.25) is 0 Å². The largest absolute Gasteiger partial charge is 0.387 e. The smallest absolute Gasteiger partial charge is 0.128 e. The van der Waals surface area contributed by atoms with Crippen LogP contribution >= 0.6 is 0 Å². The summed E-state index contributed by atoms with van der Waals surface area (Å²) in [6, 6.07) is 21.0. The second kappa shape index (κ2) is 10.0. The lowest BCUT2D eigenvalue weighted by molar-refractivity contribution is -0.911. The number of nitrogens with one attached hydrogen (secondary N) is 1. The van der Waals surface area contributed by atoms with Gasteiger partial charge in [-0.3, -0.25) is 0 Å². The second-order valence-electron chi connectivity index (χ2n) is 7.19. The standard InChI is InChI=1S/C24H27FN2O/c1-2-14-26(19-23(28)16-20-9-4-3-5-10-20)18-22-12-8-15-27(22)17-21-11-6-7-13-24(21)25/h2-13,15,23,28H,1,14,16-19H2/p+1/t23-/m1/s1. The summed E-state index contributed by atoms with van der Waals surface area (Å²) in [4.78, 5) is 1.23. The third kappa shape index (κ3) is 5.65. The van der Waals surface area contributed by atoms with Gasteiger partial charge >= 0.3 is 0 Å². The molecule has 2 atom stereocenters. The van der Waals surface area contributed by atoms with Crippen LogP contribution in [-0.2, 0) is 19.5 Å². The van der Waals surface area contributed by atoms with E-state index in [-0.39, 0.29) is 5.82 Å². The minimum atomic E-state index is -0.424. The van der Waals surface area contributed by atoms with Crippen molar-refractivity contribution < 1.29 is 14.4 Å². The van der Waals surface area contributed by atoms with Gasteiger partial charge in [-0.1, -0.05) is 55.1 Å². The van der Waals surface area contributed by atoms with Gasteiger partial charge in [0.25, 0.3) is 0 Å². The van der Waals surface area contributed by atoms with Crippen LogP contribution in [0.1, 0.15) is 16.8 Å². The maximum atomic E-state index is 14.0. The summed E-state index contributed by atoms with van der Waals surface area (Å²) in [5.41, 5.74) is 2.93. The summed E-state index contributed by atoms with van der Waals surface area (Å²) in [7, 11) is 0. The van der Waals surface area contributed by atoms with Crippen LogP contribution < -0.4 is 4.90 Å². The minimum Gasteiger partial charge on any atom is -0.387 e.